The summed E-state index contributed by atoms with van der Waals surface area (Å²) < 4.78 is 0. The molecule has 5 nitrogen and oxygen atoms in total. The number of hydrogen-bond donors (Lipinski definition) is 1. The fraction of sp³-hybridized carbons (Fsp3) is 0.182. The van der Waals surface area contributed by atoms with Crippen molar-refractivity contribution in [3.8, 4) is 0 Å². The van der Waals surface area contributed by atoms with E-state index in [1.165, 1.54) is 18.2 Å². The van der Waals surface area contributed by atoms with Gasteiger partial charge in [0.2, 0.25) is 0 Å². The van der Waals surface area contributed by atoms with Crippen LogP contribution >= 0.6 is 23.2 Å². The minimum Gasteiger partial charge on any atom is -0.480 e. The molecule has 0 aliphatic carbocycles. The van der Waals surface area contributed by atoms with E-state index in [0.717, 1.165) is 4.90 Å². The van der Waals surface area contributed by atoms with Crippen molar-refractivity contribution < 1.29 is 14.7 Å². The summed E-state index contributed by atoms with van der Waals surface area (Å²) in [7, 11) is 0. The lowest BCUT2D eigenvalue weighted by Crippen LogP contribution is -2.35. The maximum Gasteiger partial charge on any atom is 0.323 e. The maximum absolute atomic E-state index is 12.0. The maximum atomic E-state index is 12.0. The number of amides is 1. The van der Waals surface area contributed by atoms with Gasteiger partial charge in [0, 0.05) is 12.1 Å². The van der Waals surface area contributed by atoms with Crippen LogP contribution in [0.3, 0.4) is 0 Å². The van der Waals surface area contributed by atoms with Crippen molar-refractivity contribution in [2.24, 2.45) is 0 Å². The number of halogens is 2. The largest absolute Gasteiger partial charge is 0.480 e. The number of aromatic nitrogens is 1. The number of carboxylic acids is 1. The van der Waals surface area contributed by atoms with E-state index in [1.807, 2.05) is 0 Å². The minimum atomic E-state index is -1.11. The van der Waals surface area contributed by atoms with Gasteiger partial charge in [0.1, 0.15) is 16.9 Å². The second-order valence-corrected chi connectivity index (χ2v) is 4.14. The third-order valence-corrected chi connectivity index (χ3v) is 2.36. The van der Waals surface area contributed by atoms with Gasteiger partial charge in [-0.1, -0.05) is 29.3 Å². The van der Waals surface area contributed by atoms with Crippen LogP contribution < -0.4 is 0 Å². The van der Waals surface area contributed by atoms with Crippen LogP contribution in [0.1, 0.15) is 10.4 Å². The number of carbonyl (C=O) groups is 2. The van der Waals surface area contributed by atoms with Gasteiger partial charge in [0.25, 0.3) is 5.91 Å². The Bertz CT molecular complexity index is 471. The van der Waals surface area contributed by atoms with E-state index in [2.05, 4.69) is 11.6 Å². The van der Waals surface area contributed by atoms with Crippen LogP contribution in [-0.2, 0) is 4.79 Å². The highest BCUT2D eigenvalue weighted by molar-refractivity contribution is 6.33. The molecular weight excluding hydrogens is 279 g/mol. The zero-order chi connectivity index (χ0) is 13.7. The quantitative estimate of drug-likeness (QED) is 0.665. The number of carbonyl (C=O) groups excluding carboxylic acids is 1. The number of nitrogens with zero attached hydrogens (tertiary/aromatic N) is 2. The van der Waals surface area contributed by atoms with Crippen molar-refractivity contribution in [1.29, 1.82) is 0 Å². The van der Waals surface area contributed by atoms with Gasteiger partial charge in [0.15, 0.2) is 0 Å². The van der Waals surface area contributed by atoms with Crippen LogP contribution in [0.2, 0.25) is 10.3 Å². The van der Waals surface area contributed by atoms with E-state index in [4.69, 9.17) is 28.3 Å². The lowest BCUT2D eigenvalue weighted by atomic mass is 10.2. The van der Waals surface area contributed by atoms with Gasteiger partial charge in [-0.25, -0.2) is 4.98 Å². The van der Waals surface area contributed by atoms with Crippen molar-refractivity contribution >= 4 is 35.1 Å². The zero-order valence-electron chi connectivity index (χ0n) is 9.27. The van der Waals surface area contributed by atoms with E-state index in [9.17, 15) is 9.59 Å². The van der Waals surface area contributed by atoms with Crippen LogP contribution in [0.5, 0.6) is 0 Å². The molecule has 0 fully saturated rings. The van der Waals surface area contributed by atoms with Gasteiger partial charge in [0.05, 0.1) is 0 Å². The first kappa shape index (κ1) is 14.5. The molecule has 1 amide bonds. The van der Waals surface area contributed by atoms with E-state index >= 15 is 0 Å². The topological polar surface area (TPSA) is 70.5 Å². The Morgan fingerprint density at radius 2 is 1.94 bits per heavy atom. The summed E-state index contributed by atoms with van der Waals surface area (Å²) in [4.78, 5) is 27.5. The standard InChI is InChI=1S/C11H10Cl2N2O3/c1-2-3-15(6-10(16)17)11(18)7-4-8(12)14-9(13)5-7/h2,4-5H,1,3,6H2,(H,16,17). The normalized spacial score (nSPS) is 9.89. The zero-order valence-corrected chi connectivity index (χ0v) is 10.8. The molecule has 0 radical (unpaired) electrons. The summed E-state index contributed by atoms with van der Waals surface area (Å²) in [6, 6.07) is 2.65. The smallest absolute Gasteiger partial charge is 0.323 e. The summed E-state index contributed by atoms with van der Waals surface area (Å²) in [5.41, 5.74) is 0.183. The van der Waals surface area contributed by atoms with Crippen molar-refractivity contribution in [1.82, 2.24) is 9.88 Å². The number of carboxylic acid groups (broad SMARTS) is 1. The monoisotopic (exact) mass is 288 g/mol. The lowest BCUT2D eigenvalue weighted by molar-refractivity contribution is -0.137. The minimum absolute atomic E-state index is 0.0692. The van der Waals surface area contributed by atoms with Crippen LogP contribution in [0.15, 0.2) is 24.8 Å². The van der Waals surface area contributed by atoms with Crippen LogP contribution in [0.4, 0.5) is 0 Å². The van der Waals surface area contributed by atoms with Gasteiger partial charge in [-0.3, -0.25) is 9.59 Å². The third-order valence-electron chi connectivity index (χ3n) is 1.97. The van der Waals surface area contributed by atoms with Crippen LogP contribution in [-0.4, -0.2) is 40.0 Å². The fourth-order valence-electron chi connectivity index (χ4n) is 1.31. The van der Waals surface area contributed by atoms with Crippen molar-refractivity contribution in [2.75, 3.05) is 13.1 Å². The predicted molar refractivity (Wildman–Crippen MR) is 68.0 cm³/mol. The number of aliphatic carboxylic acids is 1. The molecule has 0 bridgehead atoms. The van der Waals surface area contributed by atoms with Crippen LogP contribution in [0, 0.1) is 0 Å². The van der Waals surface area contributed by atoms with E-state index in [0.29, 0.717) is 0 Å². The summed E-state index contributed by atoms with van der Waals surface area (Å²) in [5.74, 6) is -1.61. The number of pyridine rings is 1. The average Bonchev–Trinajstić information content (AvgIpc) is 2.25. The summed E-state index contributed by atoms with van der Waals surface area (Å²) in [5, 5.41) is 8.86. The summed E-state index contributed by atoms with van der Waals surface area (Å²) in [6.07, 6.45) is 1.44. The Labute approximate surface area is 114 Å². The Kier molecular flexibility index (Phi) is 5.12. The molecule has 1 N–H and O–H groups in total. The van der Waals surface area contributed by atoms with E-state index < -0.39 is 18.4 Å². The van der Waals surface area contributed by atoms with E-state index in [1.54, 1.807) is 0 Å². The molecule has 1 heterocycles. The highest BCUT2D eigenvalue weighted by Gasteiger charge is 2.18. The van der Waals surface area contributed by atoms with Crippen molar-refractivity contribution in [3.63, 3.8) is 0 Å². The number of rotatable bonds is 5. The van der Waals surface area contributed by atoms with Gasteiger partial charge in [-0.2, -0.15) is 0 Å². The molecule has 0 saturated heterocycles. The number of hydrogen-bond acceptors (Lipinski definition) is 3. The fourth-order valence-corrected chi connectivity index (χ4v) is 1.77. The highest BCUT2D eigenvalue weighted by Crippen LogP contribution is 2.16. The van der Waals surface area contributed by atoms with Gasteiger partial charge < -0.3 is 10.0 Å². The molecule has 0 spiro atoms. The SMILES string of the molecule is C=CCN(CC(=O)O)C(=O)c1cc(Cl)nc(Cl)c1. The Hall–Kier alpha value is -1.59. The second-order valence-electron chi connectivity index (χ2n) is 3.37. The van der Waals surface area contributed by atoms with Crippen LogP contribution in [0.25, 0.3) is 0 Å². The molecule has 1 rings (SSSR count). The molecule has 96 valence electrons. The molecule has 0 atom stereocenters. The Balaban J connectivity index is 3.00. The average molecular weight is 289 g/mol. The second kappa shape index (κ2) is 6.37. The highest BCUT2D eigenvalue weighted by atomic mass is 35.5. The van der Waals surface area contributed by atoms with Crippen molar-refractivity contribution in [2.45, 2.75) is 0 Å². The lowest BCUT2D eigenvalue weighted by Gasteiger charge is -2.18. The molecule has 0 saturated carbocycles. The summed E-state index contributed by atoms with van der Waals surface area (Å²) in [6.45, 7) is 3.15. The Morgan fingerprint density at radius 1 is 1.39 bits per heavy atom. The molecule has 7 heteroatoms. The van der Waals surface area contributed by atoms with Crippen molar-refractivity contribution in [3.05, 3.63) is 40.7 Å². The van der Waals surface area contributed by atoms with E-state index in [-0.39, 0.29) is 22.4 Å². The molecular formula is C11H10Cl2N2O3. The molecule has 1 aromatic rings. The first-order valence-electron chi connectivity index (χ1n) is 4.89. The first-order valence-corrected chi connectivity index (χ1v) is 5.64. The molecule has 0 aliphatic rings. The predicted octanol–water partition coefficient (Wildman–Crippen LogP) is 2.10. The molecule has 18 heavy (non-hydrogen) atoms. The molecule has 0 aliphatic heterocycles. The van der Waals surface area contributed by atoms with Gasteiger partial charge >= 0.3 is 5.97 Å². The first-order chi connectivity index (χ1) is 8.43. The van der Waals surface area contributed by atoms with Gasteiger partial charge in [-0.05, 0) is 12.1 Å². The molecule has 0 unspecified atom stereocenters. The third kappa shape index (κ3) is 4.01. The molecule has 0 aromatic carbocycles. The Morgan fingerprint density at radius 3 is 2.39 bits per heavy atom. The summed E-state index contributed by atoms with van der Waals surface area (Å²) >= 11 is 11.4. The molecule has 1 aromatic heterocycles. The van der Waals surface area contributed by atoms with Gasteiger partial charge in [-0.15, -0.1) is 6.58 Å².